The maximum absolute atomic E-state index is 11.6. The van der Waals surface area contributed by atoms with Crippen LogP contribution in [0.5, 0.6) is 0 Å². The molecule has 2 fully saturated rings. The zero-order valence-electron chi connectivity index (χ0n) is 8.82. The third-order valence-electron chi connectivity index (χ3n) is 2.83. The maximum atomic E-state index is 11.6. The van der Waals surface area contributed by atoms with Crippen molar-refractivity contribution in [2.24, 2.45) is 5.92 Å². The predicted molar refractivity (Wildman–Crippen MR) is 53.1 cm³/mol. The molecule has 14 heavy (non-hydrogen) atoms. The molecule has 2 heterocycles. The van der Waals surface area contributed by atoms with Crippen LogP contribution in [0.25, 0.3) is 0 Å². The maximum Gasteiger partial charge on any atom is 0.410 e. The molecule has 2 saturated heterocycles. The molecule has 1 N–H and O–H groups in total. The van der Waals surface area contributed by atoms with E-state index in [-0.39, 0.29) is 12.2 Å². The lowest BCUT2D eigenvalue weighted by molar-refractivity contribution is 0.0656. The van der Waals surface area contributed by atoms with Gasteiger partial charge in [-0.05, 0) is 26.2 Å². The van der Waals surface area contributed by atoms with Gasteiger partial charge in [-0.3, -0.25) is 0 Å². The second-order valence-electron chi connectivity index (χ2n) is 4.54. The average Bonchev–Trinajstić information content (AvgIpc) is 2.44. The van der Waals surface area contributed by atoms with Crippen molar-refractivity contribution in [3.05, 3.63) is 0 Å². The van der Waals surface area contributed by atoms with Crippen LogP contribution in [0.15, 0.2) is 0 Å². The Labute approximate surface area is 84.6 Å². The monoisotopic (exact) mass is 198 g/mol. The van der Waals surface area contributed by atoms with E-state index >= 15 is 0 Å². The first-order valence-electron chi connectivity index (χ1n) is 5.34. The molecule has 2 aliphatic heterocycles. The normalized spacial score (nSPS) is 30.9. The molecule has 2 aliphatic rings. The molecular formula is C10H18N2O2. The average molecular weight is 198 g/mol. The van der Waals surface area contributed by atoms with Crippen LogP contribution in [-0.2, 0) is 4.74 Å². The SMILES string of the molecule is CC(C)OC(=O)N1C[C@H]2CN[C@H](C2)C1. The summed E-state index contributed by atoms with van der Waals surface area (Å²) >= 11 is 0. The number of rotatable bonds is 1. The summed E-state index contributed by atoms with van der Waals surface area (Å²) in [5.41, 5.74) is 0. The fourth-order valence-corrected chi connectivity index (χ4v) is 2.26. The number of piperidine rings is 1. The van der Waals surface area contributed by atoms with Crippen LogP contribution in [0.1, 0.15) is 20.3 Å². The molecule has 2 rings (SSSR count). The number of carbonyl (C=O) groups excluding carboxylic acids is 1. The van der Waals surface area contributed by atoms with Crippen molar-refractivity contribution >= 4 is 6.09 Å². The molecule has 1 amide bonds. The molecule has 0 saturated carbocycles. The highest BCUT2D eigenvalue weighted by Gasteiger charge is 2.35. The molecule has 0 aromatic carbocycles. The topological polar surface area (TPSA) is 41.6 Å². The van der Waals surface area contributed by atoms with Crippen LogP contribution in [0.4, 0.5) is 4.79 Å². The summed E-state index contributed by atoms with van der Waals surface area (Å²) in [5, 5.41) is 3.41. The molecule has 0 aromatic rings. The molecule has 0 aliphatic carbocycles. The largest absolute Gasteiger partial charge is 0.447 e. The summed E-state index contributed by atoms with van der Waals surface area (Å²) in [4.78, 5) is 13.4. The third kappa shape index (κ3) is 2.00. The van der Waals surface area contributed by atoms with Gasteiger partial charge in [0.05, 0.1) is 6.10 Å². The standard InChI is InChI=1S/C10H18N2O2/c1-7(2)14-10(13)12-5-8-3-9(6-12)11-4-8/h7-9,11H,3-6H2,1-2H3/t8-,9-/m1/s1. The summed E-state index contributed by atoms with van der Waals surface area (Å²) in [6.45, 7) is 6.48. The molecule has 4 nitrogen and oxygen atoms in total. The second-order valence-corrected chi connectivity index (χ2v) is 4.54. The van der Waals surface area contributed by atoms with Crippen LogP contribution in [0.2, 0.25) is 0 Å². The number of nitrogens with one attached hydrogen (secondary N) is 1. The van der Waals surface area contributed by atoms with Gasteiger partial charge in [-0.2, -0.15) is 0 Å². The van der Waals surface area contributed by atoms with E-state index in [1.807, 2.05) is 18.7 Å². The quantitative estimate of drug-likeness (QED) is 0.678. The van der Waals surface area contributed by atoms with Gasteiger partial charge in [0.15, 0.2) is 0 Å². The molecule has 0 unspecified atom stereocenters. The highest BCUT2D eigenvalue weighted by Crippen LogP contribution is 2.22. The van der Waals surface area contributed by atoms with E-state index in [2.05, 4.69) is 5.32 Å². The first-order valence-corrected chi connectivity index (χ1v) is 5.34. The van der Waals surface area contributed by atoms with Crippen molar-refractivity contribution in [3.63, 3.8) is 0 Å². The smallest absolute Gasteiger partial charge is 0.410 e. The lowest BCUT2D eigenvalue weighted by Gasteiger charge is -2.30. The van der Waals surface area contributed by atoms with E-state index in [0.29, 0.717) is 12.0 Å². The van der Waals surface area contributed by atoms with E-state index in [4.69, 9.17) is 4.74 Å². The van der Waals surface area contributed by atoms with Crippen LogP contribution < -0.4 is 5.32 Å². The fraction of sp³-hybridized carbons (Fsp3) is 0.900. The summed E-state index contributed by atoms with van der Waals surface area (Å²) in [6.07, 6.45) is 1.04. The van der Waals surface area contributed by atoms with E-state index in [1.54, 1.807) is 0 Å². The number of hydrogen-bond acceptors (Lipinski definition) is 3. The van der Waals surface area contributed by atoms with Gasteiger partial charge in [-0.25, -0.2) is 4.79 Å². The zero-order valence-corrected chi connectivity index (χ0v) is 8.82. The molecule has 2 atom stereocenters. The lowest BCUT2D eigenvalue weighted by Crippen LogP contribution is -2.45. The number of fused-ring (bicyclic) bond motifs is 2. The number of amides is 1. The highest BCUT2D eigenvalue weighted by atomic mass is 16.6. The first-order chi connectivity index (χ1) is 6.65. The lowest BCUT2D eigenvalue weighted by atomic mass is 10.0. The number of ether oxygens (including phenoxy) is 1. The van der Waals surface area contributed by atoms with Crippen molar-refractivity contribution in [3.8, 4) is 0 Å². The number of nitrogens with zero attached hydrogens (tertiary/aromatic N) is 1. The van der Waals surface area contributed by atoms with Crippen molar-refractivity contribution in [2.75, 3.05) is 19.6 Å². The number of carbonyl (C=O) groups is 1. The molecule has 0 spiro atoms. The van der Waals surface area contributed by atoms with E-state index < -0.39 is 0 Å². The summed E-state index contributed by atoms with van der Waals surface area (Å²) in [6, 6.07) is 0.494. The van der Waals surface area contributed by atoms with E-state index in [0.717, 1.165) is 19.6 Å². The Balaban J connectivity index is 1.89. The molecular weight excluding hydrogens is 180 g/mol. The summed E-state index contributed by atoms with van der Waals surface area (Å²) < 4.78 is 5.17. The van der Waals surface area contributed by atoms with Crippen LogP contribution in [0.3, 0.4) is 0 Å². The molecule has 80 valence electrons. The van der Waals surface area contributed by atoms with Gasteiger partial charge in [0.25, 0.3) is 0 Å². The van der Waals surface area contributed by atoms with Crippen molar-refractivity contribution in [1.29, 1.82) is 0 Å². The fourth-order valence-electron chi connectivity index (χ4n) is 2.26. The minimum atomic E-state index is -0.154. The predicted octanol–water partition coefficient (Wildman–Crippen LogP) is 0.825. The first kappa shape index (κ1) is 9.77. The van der Waals surface area contributed by atoms with Crippen molar-refractivity contribution in [1.82, 2.24) is 10.2 Å². The Bertz CT molecular complexity index is 218. The Kier molecular flexibility index (Phi) is 2.63. The van der Waals surface area contributed by atoms with Gasteiger partial charge in [0.2, 0.25) is 0 Å². The second kappa shape index (κ2) is 3.77. The number of hydrogen-bond donors (Lipinski definition) is 1. The van der Waals surface area contributed by atoms with Crippen LogP contribution in [-0.4, -0.2) is 42.8 Å². The summed E-state index contributed by atoms with van der Waals surface area (Å²) in [7, 11) is 0. The number of likely N-dealkylation sites (tertiary alicyclic amines) is 1. The minimum Gasteiger partial charge on any atom is -0.447 e. The Morgan fingerprint density at radius 2 is 2.29 bits per heavy atom. The molecule has 4 heteroatoms. The molecule has 0 radical (unpaired) electrons. The zero-order chi connectivity index (χ0) is 10.1. The van der Waals surface area contributed by atoms with Crippen LogP contribution >= 0.6 is 0 Å². The van der Waals surface area contributed by atoms with E-state index in [1.165, 1.54) is 6.42 Å². The van der Waals surface area contributed by atoms with Gasteiger partial charge in [0, 0.05) is 25.7 Å². The molecule has 0 aromatic heterocycles. The third-order valence-corrected chi connectivity index (χ3v) is 2.83. The van der Waals surface area contributed by atoms with Gasteiger partial charge in [0.1, 0.15) is 0 Å². The summed E-state index contributed by atoms with van der Waals surface area (Å²) in [5.74, 6) is 0.633. The Morgan fingerprint density at radius 3 is 2.93 bits per heavy atom. The van der Waals surface area contributed by atoms with Gasteiger partial charge in [-0.15, -0.1) is 0 Å². The van der Waals surface area contributed by atoms with Crippen molar-refractivity contribution in [2.45, 2.75) is 32.4 Å². The van der Waals surface area contributed by atoms with E-state index in [9.17, 15) is 4.79 Å². The minimum absolute atomic E-state index is 0.0185. The highest BCUT2D eigenvalue weighted by molar-refractivity contribution is 5.68. The Morgan fingerprint density at radius 1 is 1.50 bits per heavy atom. The van der Waals surface area contributed by atoms with Crippen LogP contribution in [0, 0.1) is 5.92 Å². The van der Waals surface area contributed by atoms with Gasteiger partial charge >= 0.3 is 6.09 Å². The van der Waals surface area contributed by atoms with Gasteiger partial charge in [-0.1, -0.05) is 0 Å². The molecule has 2 bridgehead atoms. The van der Waals surface area contributed by atoms with Crippen molar-refractivity contribution < 1.29 is 9.53 Å². The Hall–Kier alpha value is -0.770. The van der Waals surface area contributed by atoms with Gasteiger partial charge < -0.3 is 15.0 Å².